The molecule has 3 rings (SSSR count). The molecule has 1 aliphatic heterocycles. The van der Waals surface area contributed by atoms with Crippen molar-refractivity contribution in [2.24, 2.45) is 5.92 Å². The van der Waals surface area contributed by atoms with Crippen molar-refractivity contribution < 1.29 is 14.3 Å². The van der Waals surface area contributed by atoms with Gasteiger partial charge in [0.1, 0.15) is 12.3 Å². The zero-order valence-electron chi connectivity index (χ0n) is 18.6. The summed E-state index contributed by atoms with van der Waals surface area (Å²) < 4.78 is 5.30. The summed E-state index contributed by atoms with van der Waals surface area (Å²) in [4.78, 5) is 31.3. The van der Waals surface area contributed by atoms with Crippen LogP contribution in [0.3, 0.4) is 0 Å². The largest absolute Gasteiger partial charge is 0.497 e. The van der Waals surface area contributed by atoms with E-state index in [0.29, 0.717) is 6.54 Å². The molecule has 0 saturated heterocycles. The third-order valence-electron chi connectivity index (χ3n) is 5.92. The predicted octanol–water partition coefficient (Wildman–Crippen LogP) is 4.51. The summed E-state index contributed by atoms with van der Waals surface area (Å²) in [7, 11) is 1.65. The first-order chi connectivity index (χ1) is 14.4. The van der Waals surface area contributed by atoms with Gasteiger partial charge in [-0.1, -0.05) is 32.9 Å². The van der Waals surface area contributed by atoms with Gasteiger partial charge < -0.3 is 14.5 Å². The van der Waals surface area contributed by atoms with Crippen LogP contribution < -0.4 is 4.74 Å². The fourth-order valence-corrected chi connectivity index (χ4v) is 4.87. The van der Waals surface area contributed by atoms with E-state index in [0.717, 1.165) is 24.2 Å². The lowest BCUT2D eigenvalue weighted by Gasteiger charge is -2.39. The SMILES string of the molecule is CC[C@@H](C)N(CC(=O)N1CCc2sccc2[C@@H]1c1ccc(OC)cc1)C(=O)C(C)C. The monoisotopic (exact) mass is 428 g/mol. The number of carbonyl (C=O) groups excluding carboxylic acids is 2. The third kappa shape index (κ3) is 4.53. The van der Waals surface area contributed by atoms with Gasteiger partial charge in [-0.05, 0) is 54.5 Å². The second kappa shape index (κ2) is 9.65. The highest BCUT2D eigenvalue weighted by Crippen LogP contribution is 2.38. The van der Waals surface area contributed by atoms with Gasteiger partial charge in [0, 0.05) is 23.4 Å². The zero-order chi connectivity index (χ0) is 21.8. The average Bonchev–Trinajstić information content (AvgIpc) is 3.24. The van der Waals surface area contributed by atoms with Crippen molar-refractivity contribution in [1.29, 1.82) is 0 Å². The number of ether oxygens (including phenoxy) is 1. The lowest BCUT2D eigenvalue weighted by molar-refractivity contribution is -0.145. The second-order valence-corrected chi connectivity index (χ2v) is 9.19. The molecule has 2 amide bonds. The molecule has 0 spiro atoms. The average molecular weight is 429 g/mol. The molecule has 0 bridgehead atoms. The molecule has 0 N–H and O–H groups in total. The molecule has 5 nitrogen and oxygen atoms in total. The first kappa shape index (κ1) is 22.3. The molecule has 1 aromatic carbocycles. The topological polar surface area (TPSA) is 49.9 Å². The van der Waals surface area contributed by atoms with Crippen molar-refractivity contribution in [3.63, 3.8) is 0 Å². The Bertz CT molecular complexity index is 875. The third-order valence-corrected chi connectivity index (χ3v) is 6.92. The summed E-state index contributed by atoms with van der Waals surface area (Å²) in [6, 6.07) is 9.96. The maximum Gasteiger partial charge on any atom is 0.243 e. The second-order valence-electron chi connectivity index (χ2n) is 8.19. The van der Waals surface area contributed by atoms with Crippen LogP contribution in [0, 0.1) is 5.92 Å². The van der Waals surface area contributed by atoms with Gasteiger partial charge in [-0.3, -0.25) is 9.59 Å². The highest BCUT2D eigenvalue weighted by Gasteiger charge is 2.35. The number of methoxy groups -OCH3 is 1. The summed E-state index contributed by atoms with van der Waals surface area (Å²) in [5.74, 6) is 0.700. The zero-order valence-corrected chi connectivity index (χ0v) is 19.4. The Morgan fingerprint density at radius 1 is 1.20 bits per heavy atom. The van der Waals surface area contributed by atoms with Gasteiger partial charge in [0.15, 0.2) is 0 Å². The minimum Gasteiger partial charge on any atom is -0.497 e. The predicted molar refractivity (Wildman–Crippen MR) is 121 cm³/mol. The van der Waals surface area contributed by atoms with E-state index < -0.39 is 0 Å². The van der Waals surface area contributed by atoms with E-state index in [1.54, 1.807) is 23.3 Å². The van der Waals surface area contributed by atoms with Gasteiger partial charge in [-0.15, -0.1) is 11.3 Å². The molecule has 162 valence electrons. The normalized spacial score (nSPS) is 16.9. The minimum atomic E-state index is -0.133. The number of rotatable bonds is 7. The quantitative estimate of drug-likeness (QED) is 0.652. The van der Waals surface area contributed by atoms with Crippen molar-refractivity contribution in [3.8, 4) is 5.75 Å². The number of carbonyl (C=O) groups is 2. The van der Waals surface area contributed by atoms with E-state index in [1.807, 2.05) is 49.9 Å². The van der Waals surface area contributed by atoms with E-state index in [9.17, 15) is 9.59 Å². The number of benzene rings is 1. The molecule has 30 heavy (non-hydrogen) atoms. The molecule has 0 aliphatic carbocycles. The number of amides is 2. The molecule has 6 heteroatoms. The Hall–Kier alpha value is -2.34. The molecule has 1 aromatic heterocycles. The molecule has 0 radical (unpaired) electrons. The van der Waals surface area contributed by atoms with Crippen molar-refractivity contribution >= 4 is 23.2 Å². The maximum atomic E-state index is 13.5. The molecular weight excluding hydrogens is 396 g/mol. The molecule has 1 aliphatic rings. The Morgan fingerprint density at radius 3 is 2.50 bits per heavy atom. The number of fused-ring (bicyclic) bond motifs is 1. The van der Waals surface area contributed by atoms with Crippen molar-refractivity contribution in [2.45, 2.75) is 52.6 Å². The molecule has 2 aromatic rings. The fourth-order valence-electron chi connectivity index (χ4n) is 3.97. The summed E-state index contributed by atoms with van der Waals surface area (Å²) in [6.07, 6.45) is 1.68. The lowest BCUT2D eigenvalue weighted by atomic mass is 9.93. The van der Waals surface area contributed by atoms with Crippen LogP contribution in [0.1, 0.15) is 56.2 Å². The van der Waals surface area contributed by atoms with Crippen molar-refractivity contribution in [1.82, 2.24) is 9.80 Å². The molecule has 2 atom stereocenters. The van der Waals surface area contributed by atoms with E-state index in [4.69, 9.17) is 4.74 Å². The summed E-state index contributed by atoms with van der Waals surface area (Å²) in [5.41, 5.74) is 2.25. The van der Waals surface area contributed by atoms with E-state index in [-0.39, 0.29) is 36.4 Å². The number of thiophene rings is 1. The van der Waals surface area contributed by atoms with Crippen LogP contribution in [0.25, 0.3) is 0 Å². The van der Waals surface area contributed by atoms with Crippen molar-refractivity contribution in [3.05, 3.63) is 51.7 Å². The Labute approximate surface area is 183 Å². The lowest BCUT2D eigenvalue weighted by Crippen LogP contribution is -2.50. The van der Waals surface area contributed by atoms with Gasteiger partial charge in [0.05, 0.1) is 13.2 Å². The van der Waals surface area contributed by atoms with E-state index in [1.165, 1.54) is 10.4 Å². The Morgan fingerprint density at radius 2 is 1.90 bits per heavy atom. The highest BCUT2D eigenvalue weighted by molar-refractivity contribution is 7.10. The molecule has 0 unspecified atom stereocenters. The molecule has 2 heterocycles. The number of nitrogens with zero attached hydrogens (tertiary/aromatic N) is 2. The van der Waals surface area contributed by atoms with Crippen LogP contribution in [0.4, 0.5) is 0 Å². The molecule has 0 saturated carbocycles. The van der Waals surface area contributed by atoms with Crippen LogP contribution in [-0.2, 0) is 16.0 Å². The number of hydrogen-bond donors (Lipinski definition) is 0. The smallest absolute Gasteiger partial charge is 0.243 e. The minimum absolute atomic E-state index is 0.00182. The van der Waals surface area contributed by atoms with Crippen LogP contribution in [0.2, 0.25) is 0 Å². The highest BCUT2D eigenvalue weighted by atomic mass is 32.1. The first-order valence-electron chi connectivity index (χ1n) is 10.7. The molecule has 0 fully saturated rings. The standard InChI is InChI=1S/C24H32N2O3S/c1-6-17(4)26(24(28)16(2)3)15-22(27)25-13-11-21-20(12-14-30-21)23(25)18-7-9-19(29-5)10-8-18/h7-10,12,14,16-17,23H,6,11,13,15H2,1-5H3/t17-,23+/m1/s1. The van der Waals surface area contributed by atoms with Crippen LogP contribution in [0.15, 0.2) is 35.7 Å². The fraction of sp³-hybridized carbons (Fsp3) is 0.500. The van der Waals surface area contributed by atoms with Gasteiger partial charge in [0.2, 0.25) is 11.8 Å². The van der Waals surface area contributed by atoms with Gasteiger partial charge in [-0.2, -0.15) is 0 Å². The van der Waals surface area contributed by atoms with E-state index in [2.05, 4.69) is 18.4 Å². The van der Waals surface area contributed by atoms with Gasteiger partial charge >= 0.3 is 0 Å². The number of hydrogen-bond acceptors (Lipinski definition) is 4. The summed E-state index contributed by atoms with van der Waals surface area (Å²) >= 11 is 1.75. The van der Waals surface area contributed by atoms with Crippen LogP contribution >= 0.6 is 11.3 Å². The summed E-state index contributed by atoms with van der Waals surface area (Å²) in [6.45, 7) is 8.63. The van der Waals surface area contributed by atoms with Gasteiger partial charge in [-0.25, -0.2) is 0 Å². The van der Waals surface area contributed by atoms with E-state index >= 15 is 0 Å². The van der Waals surface area contributed by atoms with Gasteiger partial charge in [0.25, 0.3) is 0 Å². The van der Waals surface area contributed by atoms with Crippen LogP contribution in [0.5, 0.6) is 5.75 Å². The Balaban J connectivity index is 1.91. The van der Waals surface area contributed by atoms with Crippen molar-refractivity contribution in [2.75, 3.05) is 20.2 Å². The maximum absolute atomic E-state index is 13.5. The Kier molecular flexibility index (Phi) is 7.19. The van der Waals surface area contributed by atoms with Crippen LogP contribution in [-0.4, -0.2) is 47.9 Å². The first-order valence-corrected chi connectivity index (χ1v) is 11.6. The summed E-state index contributed by atoms with van der Waals surface area (Å²) in [5, 5.41) is 2.10. The molecular formula is C24H32N2O3S.